The minimum Gasteiger partial charge on any atom is -0.351 e. The molecule has 1 aromatic rings. The molecular formula is C17H30N4. The first kappa shape index (κ1) is 16.2. The van der Waals surface area contributed by atoms with Crippen molar-refractivity contribution in [2.24, 2.45) is 0 Å². The number of hydrogen-bond acceptors (Lipinski definition) is 4. The summed E-state index contributed by atoms with van der Waals surface area (Å²) >= 11 is 0. The number of rotatable bonds is 3. The fourth-order valence-electron chi connectivity index (χ4n) is 2.89. The normalized spacial score (nSPS) is 20.9. The number of piperazine rings is 1. The third kappa shape index (κ3) is 3.95. The Kier molecular flexibility index (Phi) is 4.89. The molecule has 4 nitrogen and oxygen atoms in total. The van der Waals surface area contributed by atoms with E-state index in [-0.39, 0.29) is 5.41 Å². The zero-order valence-corrected chi connectivity index (χ0v) is 14.4. The monoisotopic (exact) mass is 290 g/mol. The van der Waals surface area contributed by atoms with Crippen LogP contribution in [0, 0.1) is 0 Å². The predicted molar refractivity (Wildman–Crippen MR) is 90.0 cm³/mol. The van der Waals surface area contributed by atoms with Crippen LogP contribution in [-0.2, 0) is 12.0 Å². The van der Waals surface area contributed by atoms with E-state index >= 15 is 0 Å². The molecule has 0 aromatic carbocycles. The highest BCUT2D eigenvalue weighted by Crippen LogP contribution is 2.26. The molecule has 0 spiro atoms. The highest BCUT2D eigenvalue weighted by Gasteiger charge is 2.25. The molecule has 1 atom stereocenters. The number of aromatic nitrogens is 1. The summed E-state index contributed by atoms with van der Waals surface area (Å²) < 4.78 is 0. The molecule has 1 unspecified atom stereocenters. The van der Waals surface area contributed by atoms with Crippen molar-refractivity contribution in [3.63, 3.8) is 0 Å². The third-order valence-corrected chi connectivity index (χ3v) is 4.15. The lowest BCUT2D eigenvalue weighted by molar-refractivity contribution is 0.274. The minimum atomic E-state index is 0.0777. The van der Waals surface area contributed by atoms with E-state index in [0.717, 1.165) is 32.0 Å². The summed E-state index contributed by atoms with van der Waals surface area (Å²) in [4.78, 5) is 9.81. The van der Waals surface area contributed by atoms with E-state index in [2.05, 4.69) is 62.0 Å². The first-order chi connectivity index (χ1) is 9.81. The second-order valence-corrected chi connectivity index (χ2v) is 7.30. The Morgan fingerprint density at radius 1 is 1.29 bits per heavy atom. The summed E-state index contributed by atoms with van der Waals surface area (Å²) in [6, 6.07) is 4.99. The molecule has 0 aliphatic carbocycles. The largest absolute Gasteiger partial charge is 0.351 e. The Hall–Kier alpha value is -1.13. The number of nitrogens with zero attached hydrogens (tertiary/aromatic N) is 3. The number of likely N-dealkylation sites (N-methyl/N-ethyl adjacent to an activating group) is 1. The summed E-state index contributed by atoms with van der Waals surface area (Å²) in [6.07, 6.45) is 0. The van der Waals surface area contributed by atoms with Crippen molar-refractivity contribution in [2.45, 2.75) is 45.7 Å². The van der Waals surface area contributed by atoms with Crippen molar-refractivity contribution >= 4 is 5.82 Å². The van der Waals surface area contributed by atoms with Gasteiger partial charge in [-0.2, -0.15) is 0 Å². The molecule has 2 rings (SSSR count). The van der Waals surface area contributed by atoms with Crippen LogP contribution in [0.25, 0.3) is 0 Å². The molecular weight excluding hydrogens is 260 g/mol. The summed E-state index contributed by atoms with van der Waals surface area (Å²) in [6.45, 7) is 13.1. The van der Waals surface area contributed by atoms with E-state index in [4.69, 9.17) is 4.98 Å². The summed E-state index contributed by atoms with van der Waals surface area (Å²) in [5, 5.41) is 3.26. The van der Waals surface area contributed by atoms with Crippen LogP contribution in [0.15, 0.2) is 12.1 Å². The third-order valence-electron chi connectivity index (χ3n) is 4.15. The van der Waals surface area contributed by atoms with Crippen LogP contribution in [0.4, 0.5) is 5.82 Å². The smallest absolute Gasteiger partial charge is 0.129 e. The predicted octanol–water partition coefficient (Wildman–Crippen LogP) is 2.24. The fraction of sp³-hybridized carbons (Fsp3) is 0.706. The van der Waals surface area contributed by atoms with Crippen molar-refractivity contribution in [3.05, 3.63) is 23.4 Å². The number of anilines is 1. The van der Waals surface area contributed by atoms with Gasteiger partial charge in [0.15, 0.2) is 0 Å². The Morgan fingerprint density at radius 3 is 2.57 bits per heavy atom. The van der Waals surface area contributed by atoms with Crippen LogP contribution in [0.5, 0.6) is 0 Å². The maximum absolute atomic E-state index is 4.97. The van der Waals surface area contributed by atoms with Gasteiger partial charge in [0.25, 0.3) is 0 Å². The molecule has 118 valence electrons. The Labute approximate surface area is 129 Å². The van der Waals surface area contributed by atoms with Crippen molar-refractivity contribution in [1.29, 1.82) is 0 Å². The van der Waals surface area contributed by atoms with E-state index in [1.807, 2.05) is 7.05 Å². The van der Waals surface area contributed by atoms with Crippen LogP contribution in [0.1, 0.15) is 39.0 Å². The van der Waals surface area contributed by atoms with Crippen LogP contribution in [-0.4, -0.2) is 49.7 Å². The summed E-state index contributed by atoms with van der Waals surface area (Å²) in [7, 11) is 4.19. The van der Waals surface area contributed by atoms with Gasteiger partial charge in [0.2, 0.25) is 0 Å². The number of hydrogen-bond donors (Lipinski definition) is 1. The molecule has 1 saturated heterocycles. The van der Waals surface area contributed by atoms with E-state index in [0.29, 0.717) is 6.04 Å². The quantitative estimate of drug-likeness (QED) is 0.925. The zero-order valence-electron chi connectivity index (χ0n) is 14.4. The van der Waals surface area contributed by atoms with Crippen LogP contribution in [0.2, 0.25) is 0 Å². The van der Waals surface area contributed by atoms with Gasteiger partial charge in [0.05, 0.1) is 0 Å². The topological polar surface area (TPSA) is 31.4 Å². The summed E-state index contributed by atoms with van der Waals surface area (Å²) in [5.74, 6) is 1.13. The van der Waals surface area contributed by atoms with Gasteiger partial charge in [-0.3, -0.25) is 0 Å². The van der Waals surface area contributed by atoms with Crippen molar-refractivity contribution in [2.75, 3.05) is 38.6 Å². The molecule has 1 fully saturated rings. The van der Waals surface area contributed by atoms with E-state index in [1.54, 1.807) is 0 Å². The highest BCUT2D eigenvalue weighted by molar-refractivity contribution is 5.45. The van der Waals surface area contributed by atoms with Gasteiger partial charge in [0.1, 0.15) is 5.82 Å². The van der Waals surface area contributed by atoms with Gasteiger partial charge in [0, 0.05) is 43.3 Å². The molecule has 1 aliphatic heterocycles. The second kappa shape index (κ2) is 6.32. The van der Waals surface area contributed by atoms with E-state index in [1.165, 1.54) is 11.3 Å². The van der Waals surface area contributed by atoms with Gasteiger partial charge >= 0.3 is 0 Å². The van der Waals surface area contributed by atoms with Gasteiger partial charge in [-0.15, -0.1) is 0 Å². The Balaban J connectivity index is 2.35. The van der Waals surface area contributed by atoms with Gasteiger partial charge in [-0.25, -0.2) is 4.98 Å². The lowest BCUT2D eigenvalue weighted by Gasteiger charge is -2.39. The fourth-order valence-corrected chi connectivity index (χ4v) is 2.89. The second-order valence-electron chi connectivity index (χ2n) is 7.30. The van der Waals surface area contributed by atoms with Crippen molar-refractivity contribution < 1.29 is 0 Å². The Morgan fingerprint density at radius 2 is 2.00 bits per heavy atom. The number of pyridine rings is 1. The minimum absolute atomic E-state index is 0.0777. The average Bonchev–Trinajstić information content (AvgIpc) is 2.37. The van der Waals surface area contributed by atoms with Crippen LogP contribution < -0.4 is 10.2 Å². The van der Waals surface area contributed by atoms with Crippen molar-refractivity contribution in [3.8, 4) is 0 Å². The molecule has 0 amide bonds. The maximum atomic E-state index is 4.97. The van der Waals surface area contributed by atoms with Gasteiger partial charge in [-0.1, -0.05) is 20.8 Å². The molecule has 1 aromatic heterocycles. The molecule has 0 radical (unpaired) electrons. The van der Waals surface area contributed by atoms with Gasteiger partial charge < -0.3 is 15.1 Å². The standard InChI is InChI=1S/C17H30N4/c1-13-12-20(6)7-8-21(13)16-10-14(11-18-5)9-15(19-16)17(2,3)4/h9-10,13,18H,7-8,11-12H2,1-6H3. The molecule has 4 heteroatoms. The van der Waals surface area contributed by atoms with Crippen LogP contribution >= 0.6 is 0 Å². The molecule has 0 bridgehead atoms. The Bertz CT molecular complexity index is 478. The first-order valence-electron chi connectivity index (χ1n) is 7.92. The molecule has 2 heterocycles. The maximum Gasteiger partial charge on any atom is 0.129 e. The van der Waals surface area contributed by atoms with E-state index in [9.17, 15) is 0 Å². The molecule has 21 heavy (non-hydrogen) atoms. The lowest BCUT2D eigenvalue weighted by Crippen LogP contribution is -2.51. The van der Waals surface area contributed by atoms with Gasteiger partial charge in [-0.05, 0) is 38.7 Å². The number of nitrogens with one attached hydrogen (secondary N) is 1. The highest BCUT2D eigenvalue weighted by atomic mass is 15.3. The molecule has 0 saturated carbocycles. The SMILES string of the molecule is CNCc1cc(N2CCN(C)CC2C)nc(C(C)(C)C)c1. The average molecular weight is 290 g/mol. The summed E-state index contributed by atoms with van der Waals surface area (Å²) in [5.41, 5.74) is 2.57. The van der Waals surface area contributed by atoms with Crippen LogP contribution in [0.3, 0.4) is 0 Å². The zero-order chi connectivity index (χ0) is 15.6. The first-order valence-corrected chi connectivity index (χ1v) is 7.92. The van der Waals surface area contributed by atoms with Crippen molar-refractivity contribution in [1.82, 2.24) is 15.2 Å². The van der Waals surface area contributed by atoms with E-state index < -0.39 is 0 Å². The molecule has 1 aliphatic rings. The lowest BCUT2D eigenvalue weighted by atomic mass is 9.90. The molecule has 1 N–H and O–H groups in total.